The van der Waals surface area contributed by atoms with Crippen molar-refractivity contribution in [1.82, 2.24) is 4.90 Å². The fourth-order valence-corrected chi connectivity index (χ4v) is 6.03. The van der Waals surface area contributed by atoms with E-state index in [4.69, 9.17) is 4.74 Å². The van der Waals surface area contributed by atoms with Crippen LogP contribution in [0, 0.1) is 5.92 Å². The third-order valence-corrected chi connectivity index (χ3v) is 7.18. The number of ether oxygens (including phenoxy) is 1. The molecule has 1 aromatic rings. The van der Waals surface area contributed by atoms with E-state index in [9.17, 15) is 9.59 Å². The number of fused-ring (bicyclic) bond motifs is 2. The molecule has 5 heteroatoms. The summed E-state index contributed by atoms with van der Waals surface area (Å²) in [4.78, 5) is 29.0. The molecule has 24 heavy (non-hydrogen) atoms. The summed E-state index contributed by atoms with van der Waals surface area (Å²) in [6.07, 6.45) is 9.78. The number of carbonyl (C=O) groups is 2. The molecule has 1 saturated carbocycles. The van der Waals surface area contributed by atoms with Crippen LogP contribution in [0.5, 0.6) is 0 Å². The second-order valence-electron chi connectivity index (χ2n) is 7.36. The number of rotatable bonds is 2. The minimum atomic E-state index is -0.394. The van der Waals surface area contributed by atoms with Crippen LogP contribution in [0.2, 0.25) is 0 Å². The number of likely N-dealkylation sites (tertiary alicyclic amines) is 1. The zero-order valence-electron chi connectivity index (χ0n) is 14.3. The topological polar surface area (TPSA) is 46.6 Å². The first-order chi connectivity index (χ1) is 11.7. The Labute approximate surface area is 147 Å². The molecule has 3 aliphatic rings. The number of methoxy groups -OCH3 is 1. The van der Waals surface area contributed by atoms with Crippen molar-refractivity contribution in [2.45, 2.75) is 69.9 Å². The monoisotopic (exact) mass is 347 g/mol. The van der Waals surface area contributed by atoms with Gasteiger partial charge in [0.05, 0.1) is 12.7 Å². The highest BCUT2D eigenvalue weighted by atomic mass is 32.1. The van der Waals surface area contributed by atoms with E-state index in [-0.39, 0.29) is 17.9 Å². The highest BCUT2D eigenvalue weighted by molar-refractivity contribution is 7.10. The Morgan fingerprint density at radius 2 is 1.96 bits per heavy atom. The SMILES string of the molecule is COC(=O)[C@@H]1C[C@H]2CCCC[C@@H]2N1C(=O)c1csc2c1CCCC2. The van der Waals surface area contributed by atoms with Gasteiger partial charge in [0.15, 0.2) is 0 Å². The Hall–Kier alpha value is -1.36. The summed E-state index contributed by atoms with van der Waals surface area (Å²) >= 11 is 1.72. The zero-order valence-corrected chi connectivity index (χ0v) is 15.1. The van der Waals surface area contributed by atoms with Crippen LogP contribution in [0.25, 0.3) is 0 Å². The van der Waals surface area contributed by atoms with Crippen molar-refractivity contribution >= 4 is 23.2 Å². The van der Waals surface area contributed by atoms with Gasteiger partial charge in [-0.05, 0) is 56.4 Å². The van der Waals surface area contributed by atoms with Crippen molar-refractivity contribution in [3.8, 4) is 0 Å². The molecule has 4 rings (SSSR count). The van der Waals surface area contributed by atoms with Crippen LogP contribution in [0.15, 0.2) is 5.38 Å². The van der Waals surface area contributed by atoms with E-state index in [2.05, 4.69) is 0 Å². The summed E-state index contributed by atoms with van der Waals surface area (Å²) in [7, 11) is 1.43. The maximum absolute atomic E-state index is 13.4. The lowest BCUT2D eigenvalue weighted by atomic mass is 9.84. The second kappa shape index (κ2) is 6.51. The van der Waals surface area contributed by atoms with E-state index >= 15 is 0 Å². The minimum absolute atomic E-state index is 0.0687. The average molecular weight is 347 g/mol. The van der Waals surface area contributed by atoms with Gasteiger partial charge in [0, 0.05) is 16.3 Å². The fourth-order valence-electron chi connectivity index (χ4n) is 4.91. The Bertz CT molecular complexity index is 653. The molecule has 0 aromatic carbocycles. The first kappa shape index (κ1) is 16.1. The molecule has 0 N–H and O–H groups in total. The molecule has 1 aliphatic heterocycles. The second-order valence-corrected chi connectivity index (χ2v) is 8.32. The largest absolute Gasteiger partial charge is 0.467 e. The van der Waals surface area contributed by atoms with E-state index in [1.807, 2.05) is 10.3 Å². The van der Waals surface area contributed by atoms with E-state index in [0.717, 1.165) is 50.5 Å². The molecule has 0 bridgehead atoms. The summed E-state index contributed by atoms with van der Waals surface area (Å²) in [5, 5.41) is 2.03. The lowest BCUT2D eigenvalue weighted by molar-refractivity contribution is -0.145. The number of thiophene rings is 1. The summed E-state index contributed by atoms with van der Waals surface area (Å²) in [5.41, 5.74) is 2.11. The first-order valence-corrected chi connectivity index (χ1v) is 10.1. The van der Waals surface area contributed by atoms with E-state index in [1.165, 1.54) is 30.4 Å². The Balaban J connectivity index is 1.67. The molecule has 1 aromatic heterocycles. The molecule has 0 spiro atoms. The maximum atomic E-state index is 13.4. The third-order valence-electron chi connectivity index (χ3n) is 6.09. The van der Waals surface area contributed by atoms with Gasteiger partial charge in [0.1, 0.15) is 6.04 Å². The lowest BCUT2D eigenvalue weighted by Crippen LogP contribution is -2.46. The van der Waals surface area contributed by atoms with Gasteiger partial charge in [0.2, 0.25) is 0 Å². The molecule has 1 amide bonds. The van der Waals surface area contributed by atoms with E-state index in [0.29, 0.717) is 5.92 Å². The number of hydrogen-bond acceptors (Lipinski definition) is 4. The molecule has 0 unspecified atom stereocenters. The fraction of sp³-hybridized carbons (Fsp3) is 0.684. The molecule has 2 aliphatic carbocycles. The predicted octanol–water partition coefficient (Wildman–Crippen LogP) is 3.57. The highest BCUT2D eigenvalue weighted by Crippen LogP contribution is 2.42. The predicted molar refractivity (Wildman–Crippen MR) is 93.3 cm³/mol. The first-order valence-electron chi connectivity index (χ1n) is 9.20. The van der Waals surface area contributed by atoms with Crippen LogP contribution >= 0.6 is 11.3 Å². The quantitative estimate of drug-likeness (QED) is 0.768. The normalized spacial score (nSPS) is 29.0. The summed E-state index contributed by atoms with van der Waals surface area (Å²) in [6.45, 7) is 0. The number of nitrogens with zero attached hydrogens (tertiary/aromatic N) is 1. The maximum Gasteiger partial charge on any atom is 0.328 e. The summed E-state index contributed by atoms with van der Waals surface area (Å²) < 4.78 is 5.02. The van der Waals surface area contributed by atoms with Gasteiger partial charge < -0.3 is 9.64 Å². The molecule has 3 atom stereocenters. The highest BCUT2D eigenvalue weighted by Gasteiger charge is 2.48. The van der Waals surface area contributed by atoms with Crippen LogP contribution in [0.3, 0.4) is 0 Å². The minimum Gasteiger partial charge on any atom is -0.467 e. The zero-order chi connectivity index (χ0) is 16.7. The van der Waals surface area contributed by atoms with Crippen LogP contribution in [0.1, 0.15) is 65.7 Å². The summed E-state index contributed by atoms with van der Waals surface area (Å²) in [5.74, 6) is 0.280. The van der Waals surface area contributed by atoms with E-state index < -0.39 is 6.04 Å². The van der Waals surface area contributed by atoms with Gasteiger partial charge >= 0.3 is 5.97 Å². The van der Waals surface area contributed by atoms with Gasteiger partial charge in [-0.1, -0.05) is 12.8 Å². The van der Waals surface area contributed by atoms with Gasteiger partial charge in [-0.25, -0.2) is 4.79 Å². The van der Waals surface area contributed by atoms with Crippen LogP contribution in [-0.4, -0.2) is 36.0 Å². The van der Waals surface area contributed by atoms with Gasteiger partial charge in [-0.3, -0.25) is 4.79 Å². The van der Waals surface area contributed by atoms with Crippen molar-refractivity contribution in [3.63, 3.8) is 0 Å². The molecule has 1 saturated heterocycles. The number of esters is 1. The van der Waals surface area contributed by atoms with Crippen LogP contribution < -0.4 is 0 Å². The van der Waals surface area contributed by atoms with Crippen LogP contribution in [0.4, 0.5) is 0 Å². The van der Waals surface area contributed by atoms with Gasteiger partial charge in [-0.15, -0.1) is 11.3 Å². The third kappa shape index (κ3) is 2.57. The van der Waals surface area contributed by atoms with Gasteiger partial charge in [0.25, 0.3) is 5.91 Å². The standard InChI is InChI=1S/C19H25NO3S/c1-23-19(22)16-10-12-6-2-4-8-15(12)20(16)18(21)14-11-24-17-9-5-3-7-13(14)17/h11-12,15-16H,2-10H2,1H3/t12-,15+,16+/m1/s1. The summed E-state index contributed by atoms with van der Waals surface area (Å²) in [6, 6.07) is -0.177. The molecule has 130 valence electrons. The van der Waals surface area contributed by atoms with Crippen LogP contribution in [-0.2, 0) is 22.4 Å². The smallest absolute Gasteiger partial charge is 0.328 e. The molecular weight excluding hydrogens is 322 g/mol. The van der Waals surface area contributed by atoms with E-state index in [1.54, 1.807) is 11.3 Å². The molecule has 2 fully saturated rings. The van der Waals surface area contributed by atoms with Crippen molar-refractivity contribution in [1.29, 1.82) is 0 Å². The van der Waals surface area contributed by atoms with Crippen molar-refractivity contribution in [2.75, 3.05) is 7.11 Å². The molecule has 0 radical (unpaired) electrons. The van der Waals surface area contributed by atoms with Crippen molar-refractivity contribution in [2.24, 2.45) is 5.92 Å². The number of aryl methyl sites for hydroxylation is 1. The number of amides is 1. The van der Waals surface area contributed by atoms with Gasteiger partial charge in [-0.2, -0.15) is 0 Å². The van der Waals surface area contributed by atoms with Crippen molar-refractivity contribution < 1.29 is 14.3 Å². The molecule has 2 heterocycles. The number of carbonyl (C=O) groups excluding carboxylic acids is 2. The lowest BCUT2D eigenvalue weighted by Gasteiger charge is -2.33. The molecular formula is C19H25NO3S. The Morgan fingerprint density at radius 3 is 2.79 bits per heavy atom. The average Bonchev–Trinajstić information content (AvgIpc) is 3.22. The number of hydrogen-bond donors (Lipinski definition) is 0. The Morgan fingerprint density at radius 1 is 1.17 bits per heavy atom. The van der Waals surface area contributed by atoms with Crippen molar-refractivity contribution in [3.05, 3.63) is 21.4 Å². The Kier molecular flexibility index (Phi) is 4.37. The molecule has 4 nitrogen and oxygen atoms in total.